The Bertz CT molecular complexity index is 1120. The van der Waals surface area contributed by atoms with E-state index in [0.29, 0.717) is 17.0 Å². The molecule has 31 heavy (non-hydrogen) atoms. The molecule has 1 aliphatic rings. The normalized spacial score (nSPS) is 17.2. The van der Waals surface area contributed by atoms with Crippen LogP contribution < -0.4 is 16.0 Å². The summed E-state index contributed by atoms with van der Waals surface area (Å²) in [6.45, 7) is 4.31. The first-order valence-corrected chi connectivity index (χ1v) is 10.3. The van der Waals surface area contributed by atoms with Crippen molar-refractivity contribution in [3.8, 4) is 0 Å². The third kappa shape index (κ3) is 4.32. The molecule has 0 radical (unpaired) electrons. The average molecular weight is 419 g/mol. The van der Waals surface area contributed by atoms with Crippen molar-refractivity contribution in [3.63, 3.8) is 0 Å². The molecule has 2 heterocycles. The van der Waals surface area contributed by atoms with Crippen LogP contribution in [-0.2, 0) is 9.53 Å². The van der Waals surface area contributed by atoms with Gasteiger partial charge in [0.05, 0.1) is 18.4 Å². The molecule has 3 aromatic rings. The second-order valence-corrected chi connectivity index (χ2v) is 7.33. The zero-order chi connectivity index (χ0) is 21.8. The molecule has 2 aromatic carbocycles. The van der Waals surface area contributed by atoms with Crippen molar-refractivity contribution in [3.05, 3.63) is 83.5 Å². The summed E-state index contributed by atoms with van der Waals surface area (Å²) in [6, 6.07) is 16.7. The van der Waals surface area contributed by atoms with Gasteiger partial charge in [-0.15, -0.1) is 0 Å². The summed E-state index contributed by atoms with van der Waals surface area (Å²) in [6.07, 6.45) is 1.51. The molecular weight excluding hydrogens is 394 g/mol. The van der Waals surface area contributed by atoms with Crippen LogP contribution in [0, 0.1) is 0 Å². The van der Waals surface area contributed by atoms with Gasteiger partial charge in [0.1, 0.15) is 11.8 Å². The van der Waals surface area contributed by atoms with Gasteiger partial charge >= 0.3 is 12.0 Å². The number of furan rings is 1. The fraction of sp³-hybridized carbons (Fsp3) is 0.250. The molecular formula is C24H25N3O4. The SMILES string of the molecule is CCOC(=O)C1=C(CN[C@H](C)c2cccc3ccccc23)NC(=O)N[C@@H]1c1ccco1. The van der Waals surface area contributed by atoms with E-state index in [-0.39, 0.29) is 19.2 Å². The molecule has 0 bridgehead atoms. The minimum Gasteiger partial charge on any atom is -0.467 e. The zero-order valence-electron chi connectivity index (χ0n) is 17.5. The largest absolute Gasteiger partial charge is 0.467 e. The molecule has 7 nitrogen and oxygen atoms in total. The first-order chi connectivity index (χ1) is 15.1. The van der Waals surface area contributed by atoms with E-state index >= 15 is 0 Å². The van der Waals surface area contributed by atoms with Crippen LogP contribution in [0.2, 0.25) is 0 Å². The molecule has 0 spiro atoms. The molecule has 0 fully saturated rings. The highest BCUT2D eigenvalue weighted by Crippen LogP contribution is 2.29. The maximum atomic E-state index is 12.8. The number of urea groups is 1. The molecule has 1 aliphatic heterocycles. The number of benzene rings is 2. The second kappa shape index (κ2) is 9.06. The number of carbonyl (C=O) groups excluding carboxylic acids is 2. The van der Waals surface area contributed by atoms with Crippen LogP contribution in [0.15, 0.2) is 76.5 Å². The Morgan fingerprint density at radius 2 is 1.97 bits per heavy atom. The van der Waals surface area contributed by atoms with E-state index in [0.717, 1.165) is 16.3 Å². The monoisotopic (exact) mass is 419 g/mol. The van der Waals surface area contributed by atoms with E-state index in [4.69, 9.17) is 9.15 Å². The van der Waals surface area contributed by atoms with Crippen molar-refractivity contribution in [1.82, 2.24) is 16.0 Å². The first kappa shape index (κ1) is 20.7. The molecule has 0 unspecified atom stereocenters. The Hall–Kier alpha value is -3.58. The van der Waals surface area contributed by atoms with Crippen LogP contribution in [0.5, 0.6) is 0 Å². The molecule has 0 aliphatic carbocycles. The third-order valence-electron chi connectivity index (χ3n) is 5.35. The van der Waals surface area contributed by atoms with Gasteiger partial charge in [0.15, 0.2) is 0 Å². The van der Waals surface area contributed by atoms with Gasteiger partial charge in [-0.3, -0.25) is 0 Å². The Morgan fingerprint density at radius 1 is 1.16 bits per heavy atom. The maximum absolute atomic E-state index is 12.8. The van der Waals surface area contributed by atoms with Crippen molar-refractivity contribution < 1.29 is 18.7 Å². The number of ether oxygens (including phenoxy) is 1. The van der Waals surface area contributed by atoms with Crippen LogP contribution in [0.3, 0.4) is 0 Å². The Kier molecular flexibility index (Phi) is 6.04. The lowest BCUT2D eigenvalue weighted by atomic mass is 9.98. The van der Waals surface area contributed by atoms with Crippen LogP contribution >= 0.6 is 0 Å². The van der Waals surface area contributed by atoms with Gasteiger partial charge < -0.3 is 25.1 Å². The molecule has 0 saturated carbocycles. The lowest BCUT2D eigenvalue weighted by molar-refractivity contribution is -0.139. The van der Waals surface area contributed by atoms with Gasteiger partial charge in [-0.25, -0.2) is 9.59 Å². The number of hydrogen-bond donors (Lipinski definition) is 3. The summed E-state index contributed by atoms with van der Waals surface area (Å²) in [4.78, 5) is 25.1. The fourth-order valence-electron chi connectivity index (χ4n) is 3.87. The summed E-state index contributed by atoms with van der Waals surface area (Å²) < 4.78 is 10.7. The van der Waals surface area contributed by atoms with Gasteiger partial charge in [0.25, 0.3) is 0 Å². The van der Waals surface area contributed by atoms with E-state index in [1.54, 1.807) is 19.1 Å². The highest BCUT2D eigenvalue weighted by molar-refractivity contribution is 5.95. The molecule has 0 saturated heterocycles. The van der Waals surface area contributed by atoms with E-state index in [2.05, 4.69) is 47.1 Å². The van der Waals surface area contributed by atoms with E-state index in [9.17, 15) is 9.59 Å². The standard InChI is InChI=1S/C24H25N3O4/c1-3-30-23(28)21-19(26-24(29)27-22(21)20-12-7-13-31-20)14-25-15(2)17-11-6-9-16-8-4-5-10-18(16)17/h4-13,15,22,25H,3,14H2,1-2H3,(H2,26,27,29)/t15-,22-/m1/s1. The van der Waals surface area contributed by atoms with Crippen molar-refractivity contribution in [2.24, 2.45) is 0 Å². The molecule has 160 valence electrons. The van der Waals surface area contributed by atoms with Crippen molar-refractivity contribution in [2.75, 3.05) is 13.2 Å². The van der Waals surface area contributed by atoms with Gasteiger partial charge in [0.2, 0.25) is 0 Å². The topological polar surface area (TPSA) is 92.6 Å². The third-order valence-corrected chi connectivity index (χ3v) is 5.35. The number of rotatable bonds is 7. The summed E-state index contributed by atoms with van der Waals surface area (Å²) >= 11 is 0. The predicted octanol–water partition coefficient (Wildman–Crippen LogP) is 3.95. The maximum Gasteiger partial charge on any atom is 0.338 e. The summed E-state index contributed by atoms with van der Waals surface area (Å²) in [5.74, 6) is -0.0245. The summed E-state index contributed by atoms with van der Waals surface area (Å²) in [7, 11) is 0. The Morgan fingerprint density at radius 3 is 2.74 bits per heavy atom. The van der Waals surface area contributed by atoms with Crippen LogP contribution in [0.1, 0.15) is 37.3 Å². The lowest BCUT2D eigenvalue weighted by Crippen LogP contribution is -2.48. The number of nitrogens with one attached hydrogen (secondary N) is 3. The minimum absolute atomic E-state index is 0.0177. The molecule has 3 N–H and O–H groups in total. The zero-order valence-corrected chi connectivity index (χ0v) is 17.5. The molecule has 2 atom stereocenters. The molecule has 2 amide bonds. The van der Waals surface area contributed by atoms with Crippen LogP contribution in [-0.4, -0.2) is 25.2 Å². The molecule has 7 heteroatoms. The second-order valence-electron chi connectivity index (χ2n) is 7.33. The number of hydrogen-bond acceptors (Lipinski definition) is 5. The predicted molar refractivity (Wildman–Crippen MR) is 117 cm³/mol. The van der Waals surface area contributed by atoms with Gasteiger partial charge in [-0.1, -0.05) is 42.5 Å². The highest BCUT2D eigenvalue weighted by Gasteiger charge is 2.35. The number of esters is 1. The van der Waals surface area contributed by atoms with Crippen molar-refractivity contribution >= 4 is 22.8 Å². The van der Waals surface area contributed by atoms with Crippen molar-refractivity contribution in [2.45, 2.75) is 25.9 Å². The first-order valence-electron chi connectivity index (χ1n) is 10.3. The van der Waals surface area contributed by atoms with E-state index in [1.165, 1.54) is 6.26 Å². The van der Waals surface area contributed by atoms with Crippen LogP contribution in [0.25, 0.3) is 10.8 Å². The Balaban J connectivity index is 1.64. The van der Waals surface area contributed by atoms with Crippen molar-refractivity contribution in [1.29, 1.82) is 0 Å². The number of amides is 2. The summed E-state index contributed by atoms with van der Waals surface area (Å²) in [5.41, 5.74) is 1.93. The number of carbonyl (C=O) groups is 2. The lowest BCUT2D eigenvalue weighted by Gasteiger charge is -2.28. The highest BCUT2D eigenvalue weighted by atomic mass is 16.5. The van der Waals surface area contributed by atoms with E-state index in [1.807, 2.05) is 18.2 Å². The summed E-state index contributed by atoms with van der Waals surface area (Å²) in [5, 5.41) is 11.3. The van der Waals surface area contributed by atoms with E-state index < -0.39 is 18.0 Å². The van der Waals surface area contributed by atoms with Gasteiger partial charge in [-0.05, 0) is 42.3 Å². The molecule has 1 aromatic heterocycles. The minimum atomic E-state index is -0.715. The molecule has 4 rings (SSSR count). The average Bonchev–Trinajstić information content (AvgIpc) is 3.31. The van der Waals surface area contributed by atoms with Gasteiger partial charge in [-0.2, -0.15) is 0 Å². The Labute approximate surface area is 180 Å². The quantitative estimate of drug-likeness (QED) is 0.504. The van der Waals surface area contributed by atoms with Gasteiger partial charge in [0, 0.05) is 18.3 Å². The fourth-order valence-corrected chi connectivity index (χ4v) is 3.87. The number of fused-ring (bicyclic) bond motifs is 1. The van der Waals surface area contributed by atoms with Crippen LogP contribution in [0.4, 0.5) is 4.79 Å². The smallest absolute Gasteiger partial charge is 0.338 e.